The van der Waals surface area contributed by atoms with E-state index in [-0.39, 0.29) is 5.91 Å². The average molecular weight is 251 g/mol. The molecule has 0 bridgehead atoms. The van der Waals surface area contributed by atoms with Crippen molar-refractivity contribution in [3.05, 3.63) is 24.0 Å². The molecule has 2 rings (SSSR count). The molecule has 1 saturated heterocycles. The predicted octanol–water partition coefficient (Wildman–Crippen LogP) is 1.54. The second-order valence-electron chi connectivity index (χ2n) is 4.24. The van der Waals surface area contributed by atoms with Gasteiger partial charge in [-0.25, -0.2) is 4.98 Å². The van der Waals surface area contributed by atoms with Crippen molar-refractivity contribution in [3.63, 3.8) is 0 Å². The molecule has 0 saturated carbocycles. The zero-order valence-corrected chi connectivity index (χ0v) is 10.5. The van der Waals surface area contributed by atoms with E-state index in [9.17, 15) is 4.79 Å². The molecular weight excluding hydrogens is 234 g/mol. The number of aromatic nitrogens is 1. The van der Waals surface area contributed by atoms with Crippen LogP contribution in [0.15, 0.2) is 18.3 Å². The highest BCUT2D eigenvalue weighted by atomic mass is 32.2. The molecule has 1 aliphatic rings. The van der Waals surface area contributed by atoms with Gasteiger partial charge in [0.05, 0.1) is 11.9 Å². The Labute approximate surface area is 105 Å². The van der Waals surface area contributed by atoms with E-state index in [2.05, 4.69) is 10.3 Å². The van der Waals surface area contributed by atoms with Gasteiger partial charge in [0, 0.05) is 6.54 Å². The Balaban J connectivity index is 1.82. The van der Waals surface area contributed by atoms with E-state index in [1.807, 2.05) is 11.8 Å². The number of nitrogens with one attached hydrogen (secondary N) is 1. The second kappa shape index (κ2) is 5.91. The Hall–Kier alpha value is -1.23. The van der Waals surface area contributed by atoms with Crippen LogP contribution in [0.5, 0.6) is 0 Å². The first kappa shape index (κ1) is 12.2. The number of nitrogens with two attached hydrogens (primary N) is 1. The summed E-state index contributed by atoms with van der Waals surface area (Å²) in [5.74, 6) is 2.93. The summed E-state index contributed by atoms with van der Waals surface area (Å²) < 4.78 is 0. The minimum Gasteiger partial charge on any atom is -0.397 e. The number of carbonyl (C=O) groups excluding carboxylic acids is 1. The van der Waals surface area contributed by atoms with Crippen LogP contribution >= 0.6 is 11.8 Å². The van der Waals surface area contributed by atoms with Crippen molar-refractivity contribution in [1.82, 2.24) is 10.3 Å². The number of anilines is 1. The van der Waals surface area contributed by atoms with Crippen LogP contribution in [0.25, 0.3) is 0 Å². The fraction of sp³-hybridized carbons (Fsp3) is 0.500. The van der Waals surface area contributed by atoms with Gasteiger partial charge in [0.2, 0.25) is 0 Å². The van der Waals surface area contributed by atoms with Crippen LogP contribution in [0, 0.1) is 5.92 Å². The summed E-state index contributed by atoms with van der Waals surface area (Å²) in [7, 11) is 0. The van der Waals surface area contributed by atoms with Crippen molar-refractivity contribution in [2.24, 2.45) is 5.92 Å². The maximum absolute atomic E-state index is 11.8. The van der Waals surface area contributed by atoms with E-state index in [4.69, 9.17) is 5.73 Å². The molecule has 0 atom stereocenters. The van der Waals surface area contributed by atoms with Crippen LogP contribution in [-0.2, 0) is 0 Å². The molecule has 0 aliphatic carbocycles. The molecule has 17 heavy (non-hydrogen) atoms. The van der Waals surface area contributed by atoms with Crippen LogP contribution in [0.3, 0.4) is 0 Å². The largest absolute Gasteiger partial charge is 0.397 e. The summed E-state index contributed by atoms with van der Waals surface area (Å²) in [4.78, 5) is 15.8. The minimum absolute atomic E-state index is 0.108. The number of amides is 1. The van der Waals surface area contributed by atoms with Crippen LogP contribution in [0.2, 0.25) is 0 Å². The minimum atomic E-state index is -0.108. The van der Waals surface area contributed by atoms with Gasteiger partial charge in [-0.15, -0.1) is 0 Å². The standard InChI is InChI=1S/C12H17N3OS/c13-10-1-2-11(14-8-10)12(16)15-7-9-3-5-17-6-4-9/h1-2,8-9H,3-7,13H2,(H,15,16). The average Bonchev–Trinajstić information content (AvgIpc) is 2.38. The van der Waals surface area contributed by atoms with E-state index in [0.717, 1.165) is 6.54 Å². The maximum atomic E-state index is 11.8. The number of rotatable bonds is 3. The Morgan fingerprint density at radius 3 is 2.88 bits per heavy atom. The molecular formula is C12H17N3OS. The summed E-state index contributed by atoms with van der Waals surface area (Å²) in [5, 5.41) is 2.94. The van der Waals surface area contributed by atoms with Crippen LogP contribution in [0.4, 0.5) is 5.69 Å². The number of thioether (sulfide) groups is 1. The lowest BCUT2D eigenvalue weighted by Gasteiger charge is -2.21. The molecule has 0 radical (unpaired) electrons. The highest BCUT2D eigenvalue weighted by Gasteiger charge is 2.15. The lowest BCUT2D eigenvalue weighted by atomic mass is 10.0. The van der Waals surface area contributed by atoms with Crippen molar-refractivity contribution in [2.75, 3.05) is 23.8 Å². The lowest BCUT2D eigenvalue weighted by molar-refractivity contribution is 0.0941. The fourth-order valence-corrected chi connectivity index (χ4v) is 3.02. The van der Waals surface area contributed by atoms with Gasteiger partial charge in [-0.3, -0.25) is 4.79 Å². The van der Waals surface area contributed by atoms with E-state index < -0.39 is 0 Å². The van der Waals surface area contributed by atoms with E-state index in [0.29, 0.717) is 17.3 Å². The van der Waals surface area contributed by atoms with Crippen molar-refractivity contribution in [3.8, 4) is 0 Å². The highest BCUT2D eigenvalue weighted by molar-refractivity contribution is 7.99. The molecule has 0 unspecified atom stereocenters. The molecule has 0 spiro atoms. The zero-order valence-electron chi connectivity index (χ0n) is 9.69. The monoisotopic (exact) mass is 251 g/mol. The number of hydrogen-bond donors (Lipinski definition) is 2. The van der Waals surface area contributed by atoms with Crippen LogP contribution in [-0.4, -0.2) is 28.9 Å². The zero-order chi connectivity index (χ0) is 12.1. The first-order valence-corrected chi connectivity index (χ1v) is 6.98. The summed E-state index contributed by atoms with van der Waals surface area (Å²) >= 11 is 1.99. The third-order valence-electron chi connectivity index (χ3n) is 2.91. The van der Waals surface area contributed by atoms with E-state index in [1.54, 1.807) is 12.1 Å². The Morgan fingerprint density at radius 2 is 2.24 bits per heavy atom. The molecule has 1 aromatic rings. The first-order chi connectivity index (χ1) is 8.25. The van der Waals surface area contributed by atoms with Crippen molar-refractivity contribution >= 4 is 23.4 Å². The van der Waals surface area contributed by atoms with E-state index >= 15 is 0 Å². The molecule has 0 aromatic carbocycles. The molecule has 2 heterocycles. The highest BCUT2D eigenvalue weighted by Crippen LogP contribution is 2.21. The molecule has 1 aromatic heterocycles. The lowest BCUT2D eigenvalue weighted by Crippen LogP contribution is -2.31. The summed E-state index contributed by atoms with van der Waals surface area (Å²) in [6.45, 7) is 0.755. The van der Waals surface area contributed by atoms with Crippen molar-refractivity contribution in [2.45, 2.75) is 12.8 Å². The number of carbonyl (C=O) groups is 1. The predicted molar refractivity (Wildman–Crippen MR) is 71.0 cm³/mol. The van der Waals surface area contributed by atoms with Gasteiger partial charge in [0.25, 0.3) is 5.91 Å². The van der Waals surface area contributed by atoms with Crippen molar-refractivity contribution in [1.29, 1.82) is 0 Å². The summed E-state index contributed by atoms with van der Waals surface area (Å²) in [6.07, 6.45) is 3.90. The second-order valence-corrected chi connectivity index (χ2v) is 5.47. The fourth-order valence-electron chi connectivity index (χ4n) is 1.82. The normalized spacial score (nSPS) is 16.7. The summed E-state index contributed by atoms with van der Waals surface area (Å²) in [5.41, 5.74) is 6.53. The molecule has 1 amide bonds. The Bertz CT molecular complexity index is 374. The van der Waals surface area contributed by atoms with Gasteiger partial charge in [0.1, 0.15) is 5.69 Å². The maximum Gasteiger partial charge on any atom is 0.269 e. The quantitative estimate of drug-likeness (QED) is 0.855. The van der Waals surface area contributed by atoms with Gasteiger partial charge in [-0.2, -0.15) is 11.8 Å². The number of pyridine rings is 1. The van der Waals surface area contributed by atoms with Crippen molar-refractivity contribution < 1.29 is 4.79 Å². The smallest absolute Gasteiger partial charge is 0.269 e. The number of hydrogen-bond acceptors (Lipinski definition) is 4. The van der Waals surface area contributed by atoms with Crippen LogP contribution < -0.4 is 11.1 Å². The Kier molecular flexibility index (Phi) is 4.25. The van der Waals surface area contributed by atoms with Gasteiger partial charge < -0.3 is 11.1 Å². The van der Waals surface area contributed by atoms with Gasteiger partial charge in [0.15, 0.2) is 0 Å². The van der Waals surface area contributed by atoms with Crippen LogP contribution in [0.1, 0.15) is 23.3 Å². The van der Waals surface area contributed by atoms with E-state index in [1.165, 1.54) is 30.5 Å². The Morgan fingerprint density at radius 1 is 1.47 bits per heavy atom. The SMILES string of the molecule is Nc1ccc(C(=O)NCC2CCSCC2)nc1. The third kappa shape index (κ3) is 3.63. The number of nitrogens with zero attached hydrogens (tertiary/aromatic N) is 1. The van der Waals surface area contributed by atoms with Gasteiger partial charge in [-0.1, -0.05) is 0 Å². The summed E-state index contributed by atoms with van der Waals surface area (Å²) in [6, 6.07) is 3.35. The molecule has 5 heteroatoms. The molecule has 1 aliphatic heterocycles. The van der Waals surface area contributed by atoms with Gasteiger partial charge in [-0.05, 0) is 42.4 Å². The number of nitrogen functional groups attached to an aromatic ring is 1. The molecule has 1 fully saturated rings. The topological polar surface area (TPSA) is 68.0 Å². The molecule has 92 valence electrons. The molecule has 3 N–H and O–H groups in total. The molecule has 4 nitrogen and oxygen atoms in total. The van der Waals surface area contributed by atoms with Gasteiger partial charge >= 0.3 is 0 Å². The first-order valence-electron chi connectivity index (χ1n) is 5.83. The third-order valence-corrected chi connectivity index (χ3v) is 3.96.